The van der Waals surface area contributed by atoms with Gasteiger partial charge in [0.25, 0.3) is 0 Å². The van der Waals surface area contributed by atoms with Crippen molar-refractivity contribution in [1.82, 2.24) is 5.32 Å². The van der Waals surface area contributed by atoms with Crippen LogP contribution >= 0.6 is 0 Å². The van der Waals surface area contributed by atoms with Gasteiger partial charge >= 0.3 is 41.8 Å². The minimum Gasteiger partial charge on any atom is -0.480 e. The lowest BCUT2D eigenvalue weighted by Gasteiger charge is -2.40. The van der Waals surface area contributed by atoms with Crippen LogP contribution < -0.4 is 5.32 Å². The number of nitrogens with one attached hydrogen (secondary N) is 1. The van der Waals surface area contributed by atoms with Crippen LogP contribution in [0.5, 0.6) is 0 Å². The third kappa shape index (κ3) is 3.95. The standard InChI is InChI=1S/C11H10F13NO3/c1-3(5(27)28)25-2-4(26)6(12,13)7(14,15)8(16,17)9(18,19)10(20,21)11(22,23)24/h3-4,25-26H,2H2,1H3,(H,27,28)/t3-,4-/m0/s1. The second-order valence-electron chi connectivity index (χ2n) is 5.40. The van der Waals surface area contributed by atoms with E-state index in [0.29, 0.717) is 6.92 Å². The van der Waals surface area contributed by atoms with E-state index < -0.39 is 60.4 Å². The van der Waals surface area contributed by atoms with Crippen molar-refractivity contribution in [2.24, 2.45) is 0 Å². The van der Waals surface area contributed by atoms with Crippen molar-refractivity contribution in [3.8, 4) is 0 Å². The van der Waals surface area contributed by atoms with Crippen LogP contribution in [-0.4, -0.2) is 70.7 Å². The summed E-state index contributed by atoms with van der Waals surface area (Å²) in [5, 5.41) is 18.6. The average Bonchev–Trinajstić information content (AvgIpc) is 2.49. The zero-order chi connectivity index (χ0) is 23.1. The molecule has 0 aliphatic heterocycles. The van der Waals surface area contributed by atoms with Gasteiger partial charge in [0.2, 0.25) is 0 Å². The van der Waals surface area contributed by atoms with Gasteiger partial charge in [-0.3, -0.25) is 4.79 Å². The molecule has 0 aromatic rings. The zero-order valence-electron chi connectivity index (χ0n) is 13.1. The Hall–Kier alpha value is -1.52. The molecular weight excluding hydrogens is 441 g/mol. The molecule has 168 valence electrons. The van der Waals surface area contributed by atoms with Crippen LogP contribution in [0.2, 0.25) is 0 Å². The van der Waals surface area contributed by atoms with Crippen molar-refractivity contribution in [3.63, 3.8) is 0 Å². The monoisotopic (exact) mass is 451 g/mol. The van der Waals surface area contributed by atoms with E-state index in [-0.39, 0.29) is 0 Å². The second-order valence-corrected chi connectivity index (χ2v) is 5.40. The van der Waals surface area contributed by atoms with Gasteiger partial charge in [0.15, 0.2) is 0 Å². The van der Waals surface area contributed by atoms with Crippen LogP contribution in [0.3, 0.4) is 0 Å². The largest absolute Gasteiger partial charge is 0.480 e. The first kappa shape index (κ1) is 26.5. The van der Waals surface area contributed by atoms with Crippen LogP contribution in [0.15, 0.2) is 0 Å². The van der Waals surface area contributed by atoms with Gasteiger partial charge < -0.3 is 15.5 Å². The molecule has 0 aromatic carbocycles. The lowest BCUT2D eigenvalue weighted by Crippen LogP contribution is -2.72. The van der Waals surface area contributed by atoms with Gasteiger partial charge in [-0.25, -0.2) is 0 Å². The maximum absolute atomic E-state index is 13.4. The lowest BCUT2D eigenvalue weighted by atomic mass is 9.91. The second kappa shape index (κ2) is 7.38. The van der Waals surface area contributed by atoms with Crippen LogP contribution in [0.25, 0.3) is 0 Å². The summed E-state index contributed by atoms with van der Waals surface area (Å²) in [6.07, 6.45) is -11.6. The highest BCUT2D eigenvalue weighted by molar-refractivity contribution is 5.72. The Bertz CT molecular complexity index is 575. The Labute approximate surface area is 146 Å². The molecule has 3 N–H and O–H groups in total. The normalized spacial score (nSPS) is 17.4. The predicted octanol–water partition coefficient (Wildman–Crippen LogP) is 3.15. The highest BCUT2D eigenvalue weighted by atomic mass is 19.4. The van der Waals surface area contributed by atoms with Crippen LogP contribution in [0.1, 0.15) is 6.92 Å². The van der Waals surface area contributed by atoms with E-state index in [0.717, 1.165) is 0 Å². The molecule has 0 radical (unpaired) electrons. The topological polar surface area (TPSA) is 69.6 Å². The molecule has 2 atom stereocenters. The molecule has 0 rings (SSSR count). The fourth-order valence-corrected chi connectivity index (χ4v) is 1.49. The van der Waals surface area contributed by atoms with Crippen molar-refractivity contribution >= 4 is 5.97 Å². The molecule has 0 bridgehead atoms. The summed E-state index contributed by atoms with van der Waals surface area (Å²) in [7, 11) is 0. The fourth-order valence-electron chi connectivity index (χ4n) is 1.49. The molecular formula is C11H10F13NO3. The van der Waals surface area contributed by atoms with Gasteiger partial charge in [0, 0.05) is 6.54 Å². The Balaban J connectivity index is 6.01. The summed E-state index contributed by atoms with van der Waals surface area (Å²) >= 11 is 0. The van der Waals surface area contributed by atoms with Gasteiger partial charge in [0.1, 0.15) is 12.1 Å². The maximum atomic E-state index is 13.4. The summed E-state index contributed by atoms with van der Waals surface area (Å²) in [6, 6.07) is -1.87. The minimum absolute atomic E-state index is 0.679. The van der Waals surface area contributed by atoms with Crippen molar-refractivity contribution in [3.05, 3.63) is 0 Å². The number of aliphatic hydroxyl groups excluding tert-OH is 1. The van der Waals surface area contributed by atoms with Crippen LogP contribution in [0.4, 0.5) is 57.1 Å². The summed E-state index contributed by atoms with van der Waals surface area (Å²) in [5.41, 5.74) is 0. The van der Waals surface area contributed by atoms with Crippen LogP contribution in [0, 0.1) is 0 Å². The molecule has 28 heavy (non-hydrogen) atoms. The van der Waals surface area contributed by atoms with Crippen molar-refractivity contribution in [1.29, 1.82) is 0 Å². The highest BCUT2D eigenvalue weighted by Gasteiger charge is 2.91. The SMILES string of the molecule is C[C@H](NC[C@H](O)C(F)(F)C(F)(F)C(F)(F)C(F)(F)C(F)(F)C(F)(F)F)C(=O)O. The van der Waals surface area contributed by atoms with Gasteiger partial charge in [-0.05, 0) is 6.92 Å². The number of carboxylic acid groups (broad SMARTS) is 1. The number of aliphatic hydroxyl groups is 1. The van der Waals surface area contributed by atoms with Crippen LogP contribution in [-0.2, 0) is 4.79 Å². The molecule has 17 heteroatoms. The average molecular weight is 451 g/mol. The Morgan fingerprint density at radius 3 is 1.46 bits per heavy atom. The van der Waals surface area contributed by atoms with Crippen molar-refractivity contribution in [2.45, 2.75) is 54.9 Å². The molecule has 4 nitrogen and oxygen atoms in total. The van der Waals surface area contributed by atoms with Gasteiger partial charge in [-0.15, -0.1) is 0 Å². The minimum atomic E-state index is -8.06. The van der Waals surface area contributed by atoms with E-state index in [1.54, 1.807) is 0 Å². The van der Waals surface area contributed by atoms with E-state index in [1.165, 1.54) is 5.32 Å². The van der Waals surface area contributed by atoms with E-state index >= 15 is 0 Å². The van der Waals surface area contributed by atoms with Gasteiger partial charge in [0.05, 0.1) is 0 Å². The highest BCUT2D eigenvalue weighted by Crippen LogP contribution is 2.60. The molecule has 0 saturated heterocycles. The van der Waals surface area contributed by atoms with E-state index in [9.17, 15) is 61.9 Å². The predicted molar refractivity (Wildman–Crippen MR) is 61.9 cm³/mol. The smallest absolute Gasteiger partial charge is 0.460 e. The summed E-state index contributed by atoms with van der Waals surface area (Å²) < 4.78 is 167. The third-order valence-electron chi connectivity index (χ3n) is 3.36. The summed E-state index contributed by atoms with van der Waals surface area (Å²) in [4.78, 5) is 10.4. The third-order valence-corrected chi connectivity index (χ3v) is 3.36. The van der Waals surface area contributed by atoms with E-state index in [1.807, 2.05) is 0 Å². The zero-order valence-corrected chi connectivity index (χ0v) is 13.1. The quantitative estimate of drug-likeness (QED) is 0.472. The Morgan fingerprint density at radius 1 is 0.786 bits per heavy atom. The Kier molecular flexibility index (Phi) is 6.98. The van der Waals surface area contributed by atoms with E-state index in [2.05, 4.69) is 0 Å². The molecule has 0 spiro atoms. The number of carbonyl (C=O) groups is 1. The number of aliphatic carboxylic acids is 1. The molecule has 0 heterocycles. The number of halogens is 13. The Morgan fingerprint density at radius 2 is 1.14 bits per heavy atom. The molecule has 0 aliphatic carbocycles. The molecule has 0 saturated carbocycles. The van der Waals surface area contributed by atoms with Gasteiger partial charge in [-0.1, -0.05) is 0 Å². The molecule has 0 amide bonds. The maximum Gasteiger partial charge on any atom is 0.460 e. The van der Waals surface area contributed by atoms with E-state index in [4.69, 9.17) is 10.2 Å². The molecule has 0 aliphatic rings. The molecule has 0 aromatic heterocycles. The number of alkyl halides is 13. The number of hydrogen-bond acceptors (Lipinski definition) is 3. The van der Waals surface area contributed by atoms with Crippen molar-refractivity contribution < 1.29 is 72.1 Å². The number of carboxylic acids is 1. The first-order chi connectivity index (χ1) is 12.0. The first-order valence-electron chi connectivity index (χ1n) is 6.60. The summed E-state index contributed by atoms with van der Waals surface area (Å²) in [5.74, 6) is -40.1. The lowest BCUT2D eigenvalue weighted by molar-refractivity contribution is -0.444. The fraction of sp³-hybridized carbons (Fsp3) is 0.909. The number of hydrogen-bond donors (Lipinski definition) is 3. The van der Waals surface area contributed by atoms with Crippen molar-refractivity contribution in [2.75, 3.05) is 6.54 Å². The summed E-state index contributed by atoms with van der Waals surface area (Å²) in [6.45, 7) is -1.29. The molecule has 0 unspecified atom stereocenters. The first-order valence-corrected chi connectivity index (χ1v) is 6.60. The number of rotatable bonds is 9. The molecule has 0 fully saturated rings. The van der Waals surface area contributed by atoms with Gasteiger partial charge in [-0.2, -0.15) is 57.1 Å².